The van der Waals surface area contributed by atoms with Gasteiger partial charge in [-0.3, -0.25) is 4.79 Å². The third-order valence-corrected chi connectivity index (χ3v) is 5.49. The number of nitrogens with two attached hydrogens (primary N) is 1. The number of allylic oxidation sites excluding steroid dienone is 1. The summed E-state index contributed by atoms with van der Waals surface area (Å²) < 4.78 is 20.0. The molecule has 188 valence electrons. The molecule has 0 bridgehead atoms. The zero-order valence-electron chi connectivity index (χ0n) is 20.2. The fraction of sp³-hybridized carbons (Fsp3) is 0.333. The van der Waals surface area contributed by atoms with E-state index in [1.807, 2.05) is 20.8 Å². The average molecular weight is 494 g/mol. The minimum absolute atomic E-state index is 0.0185. The molecule has 1 aliphatic heterocycles. The van der Waals surface area contributed by atoms with Gasteiger partial charge in [0, 0.05) is 23.3 Å². The Morgan fingerprint density at radius 2 is 2.08 bits per heavy atom. The minimum atomic E-state index is -0.591. The molecule has 11 nitrogen and oxygen atoms in total. The number of hydrogen-bond acceptors (Lipinski definition) is 10. The molecule has 4 rings (SSSR count). The number of carbonyl (C=O) groups excluding carboxylic acids is 1. The van der Waals surface area contributed by atoms with Crippen LogP contribution in [0.3, 0.4) is 0 Å². The Kier molecular flexibility index (Phi) is 7.06. The number of ether oxygens (including phenoxy) is 1. The maximum atomic E-state index is 14.7. The molecule has 3 heterocycles. The Bertz CT molecular complexity index is 1330. The first-order chi connectivity index (χ1) is 17.1. The van der Waals surface area contributed by atoms with E-state index in [0.29, 0.717) is 30.2 Å². The molecule has 1 unspecified atom stereocenters. The van der Waals surface area contributed by atoms with Crippen molar-refractivity contribution < 1.29 is 13.9 Å². The number of rotatable bonds is 7. The van der Waals surface area contributed by atoms with E-state index in [9.17, 15) is 9.18 Å². The Morgan fingerprint density at radius 3 is 2.81 bits per heavy atom. The summed E-state index contributed by atoms with van der Waals surface area (Å²) in [6, 6.07) is 3.95. The van der Waals surface area contributed by atoms with E-state index in [4.69, 9.17) is 15.9 Å². The van der Waals surface area contributed by atoms with Gasteiger partial charge in [0.1, 0.15) is 29.0 Å². The third-order valence-electron chi connectivity index (χ3n) is 5.49. The van der Waals surface area contributed by atoms with Gasteiger partial charge in [-0.05, 0) is 30.7 Å². The number of nitrogens with zero attached hydrogens (tertiary/aromatic N) is 4. The zero-order valence-corrected chi connectivity index (χ0v) is 20.2. The van der Waals surface area contributed by atoms with Gasteiger partial charge in [-0.15, -0.1) is 0 Å². The summed E-state index contributed by atoms with van der Waals surface area (Å²) >= 11 is 0. The summed E-state index contributed by atoms with van der Waals surface area (Å²) in [5.74, 6) is -0.486. The third kappa shape index (κ3) is 5.89. The summed E-state index contributed by atoms with van der Waals surface area (Å²) in [5, 5.41) is 16.7. The summed E-state index contributed by atoms with van der Waals surface area (Å²) in [6.45, 7) is 6.83. The molecule has 6 N–H and O–H groups in total. The van der Waals surface area contributed by atoms with Gasteiger partial charge in [0.2, 0.25) is 5.95 Å². The van der Waals surface area contributed by atoms with Crippen molar-refractivity contribution in [2.75, 3.05) is 23.8 Å². The molecular formula is C24H28FN9O2. The van der Waals surface area contributed by atoms with E-state index in [1.54, 1.807) is 6.20 Å². The van der Waals surface area contributed by atoms with Gasteiger partial charge in [0.15, 0.2) is 5.82 Å². The van der Waals surface area contributed by atoms with Crippen LogP contribution in [0.15, 0.2) is 42.6 Å². The Hall–Kier alpha value is -4.19. The molecule has 3 aromatic rings. The number of benzene rings is 1. The number of halogens is 1. The molecule has 1 amide bonds. The lowest BCUT2D eigenvalue weighted by atomic mass is 9.90. The largest absolute Gasteiger partial charge is 0.385 e. The van der Waals surface area contributed by atoms with E-state index in [2.05, 4.69) is 35.9 Å². The van der Waals surface area contributed by atoms with Crippen LogP contribution in [0.2, 0.25) is 0 Å². The number of hydrogen-bond donors (Lipinski definition) is 5. The van der Waals surface area contributed by atoms with Crippen LogP contribution < -0.4 is 21.7 Å². The number of carbonyl (C=O) groups is 1. The molecule has 1 aliphatic rings. The number of fused-ring (bicyclic) bond motifs is 1. The Labute approximate surface area is 207 Å². The first kappa shape index (κ1) is 24.9. The maximum absolute atomic E-state index is 14.7. The second kappa shape index (κ2) is 10.2. The highest BCUT2D eigenvalue weighted by molar-refractivity contribution is 6.00. The fourth-order valence-corrected chi connectivity index (χ4v) is 3.35. The van der Waals surface area contributed by atoms with Crippen LogP contribution in [0.1, 0.15) is 37.6 Å². The van der Waals surface area contributed by atoms with Crippen molar-refractivity contribution in [1.29, 1.82) is 5.41 Å². The van der Waals surface area contributed by atoms with Crippen LogP contribution in [0.25, 0.3) is 11.0 Å². The van der Waals surface area contributed by atoms with Crippen molar-refractivity contribution >= 4 is 40.1 Å². The van der Waals surface area contributed by atoms with Crippen molar-refractivity contribution in [3.8, 4) is 0 Å². The van der Waals surface area contributed by atoms with Crippen LogP contribution in [0.5, 0.6) is 0 Å². The molecule has 1 fully saturated rings. The van der Waals surface area contributed by atoms with E-state index in [-0.39, 0.29) is 34.6 Å². The highest BCUT2D eigenvalue weighted by Gasteiger charge is 2.19. The second-order valence-corrected chi connectivity index (χ2v) is 9.39. The number of aromatic nitrogens is 4. The first-order valence-corrected chi connectivity index (χ1v) is 11.4. The molecule has 2 aromatic heterocycles. The summed E-state index contributed by atoms with van der Waals surface area (Å²) in [7, 11) is 0. The molecule has 0 radical (unpaired) electrons. The lowest BCUT2D eigenvalue weighted by molar-refractivity contribution is 0.0965. The molecule has 0 spiro atoms. The van der Waals surface area contributed by atoms with Gasteiger partial charge in [0.25, 0.3) is 5.91 Å². The van der Waals surface area contributed by atoms with Gasteiger partial charge in [0.05, 0.1) is 24.5 Å². The van der Waals surface area contributed by atoms with Crippen LogP contribution in [0, 0.1) is 16.6 Å². The molecule has 0 saturated carbocycles. The highest BCUT2D eigenvalue weighted by atomic mass is 19.1. The lowest BCUT2D eigenvalue weighted by Crippen LogP contribution is -2.29. The minimum Gasteiger partial charge on any atom is -0.385 e. The van der Waals surface area contributed by atoms with Crippen molar-refractivity contribution in [2.24, 2.45) is 11.1 Å². The van der Waals surface area contributed by atoms with Crippen molar-refractivity contribution in [2.45, 2.75) is 33.2 Å². The molecule has 12 heteroatoms. The topological polar surface area (TPSA) is 164 Å². The quantitative estimate of drug-likeness (QED) is 0.311. The predicted octanol–water partition coefficient (Wildman–Crippen LogP) is 3.10. The maximum Gasteiger partial charge on any atom is 0.256 e. The molecule has 1 aromatic carbocycles. The van der Waals surface area contributed by atoms with Crippen LogP contribution in [0.4, 0.5) is 21.8 Å². The number of anilines is 3. The van der Waals surface area contributed by atoms with Crippen LogP contribution >= 0.6 is 0 Å². The first-order valence-electron chi connectivity index (χ1n) is 11.4. The molecule has 36 heavy (non-hydrogen) atoms. The molecule has 1 saturated heterocycles. The van der Waals surface area contributed by atoms with Crippen molar-refractivity contribution in [1.82, 2.24) is 25.3 Å². The van der Waals surface area contributed by atoms with Crippen molar-refractivity contribution in [3.63, 3.8) is 0 Å². The predicted molar refractivity (Wildman–Crippen MR) is 135 cm³/mol. The number of amides is 1. The van der Waals surface area contributed by atoms with Gasteiger partial charge >= 0.3 is 0 Å². The van der Waals surface area contributed by atoms with E-state index in [0.717, 1.165) is 6.42 Å². The lowest BCUT2D eigenvalue weighted by Gasteiger charge is -2.17. The molecule has 1 atom stereocenters. The molecule has 0 aliphatic carbocycles. The molecular weight excluding hydrogens is 465 g/mol. The summed E-state index contributed by atoms with van der Waals surface area (Å²) in [5.41, 5.74) is 6.76. The van der Waals surface area contributed by atoms with Crippen LogP contribution in [-0.2, 0) is 4.74 Å². The fourth-order valence-electron chi connectivity index (χ4n) is 3.35. The standard InChI is InChI=1S/C24H28FN9O2/c1-24(2,3)18(26)9-19(27)33-22(35)13-4-5-15(25)16(8-13)32-21-20-17(29-12-30-21)10-28-23(34-20)31-14-6-7-36-11-14/h4-5,8-10,12,14,26H,6-7,11,27H2,1-3H3,(H,33,35)(H,28,31,34)(H,29,30,32)/b19-9+,26-18?. The van der Waals surface area contributed by atoms with E-state index >= 15 is 0 Å². The SMILES string of the molecule is CC(C)(C)C(=N)/C=C(\N)NC(=O)c1ccc(F)c(Nc2ncnc3cnc(NC4CCOC4)nc23)c1. The van der Waals surface area contributed by atoms with E-state index < -0.39 is 17.1 Å². The van der Waals surface area contributed by atoms with E-state index in [1.165, 1.54) is 30.6 Å². The normalized spacial score (nSPS) is 16.1. The Balaban J connectivity index is 1.56. The average Bonchev–Trinajstić information content (AvgIpc) is 3.33. The van der Waals surface area contributed by atoms with Gasteiger partial charge in [-0.25, -0.2) is 24.3 Å². The highest BCUT2D eigenvalue weighted by Crippen LogP contribution is 2.25. The van der Waals surface area contributed by atoms with Gasteiger partial charge in [-0.2, -0.15) is 0 Å². The van der Waals surface area contributed by atoms with Crippen LogP contribution in [-0.4, -0.2) is 50.8 Å². The zero-order chi connectivity index (χ0) is 25.9. The van der Waals surface area contributed by atoms with Gasteiger partial charge < -0.3 is 31.8 Å². The summed E-state index contributed by atoms with van der Waals surface area (Å²) in [6.07, 6.45) is 5.10. The Morgan fingerprint density at radius 1 is 1.28 bits per heavy atom. The van der Waals surface area contributed by atoms with Gasteiger partial charge in [-0.1, -0.05) is 20.8 Å². The second-order valence-electron chi connectivity index (χ2n) is 9.39. The smallest absolute Gasteiger partial charge is 0.256 e. The monoisotopic (exact) mass is 493 g/mol. The number of nitrogens with one attached hydrogen (secondary N) is 4. The summed E-state index contributed by atoms with van der Waals surface area (Å²) in [4.78, 5) is 29.9. The van der Waals surface area contributed by atoms with Crippen molar-refractivity contribution in [3.05, 3.63) is 54.0 Å².